The molecule has 0 atom stereocenters. The number of rotatable bonds is 3. The third kappa shape index (κ3) is 4.45. The largest absolute Gasteiger partial charge is 0.356 e. The zero-order valence-electron chi connectivity index (χ0n) is 18.7. The van der Waals surface area contributed by atoms with Crippen LogP contribution in [0.4, 0.5) is 5.82 Å². The van der Waals surface area contributed by atoms with Crippen molar-refractivity contribution in [3.05, 3.63) is 77.0 Å². The minimum atomic E-state index is -0.0493. The number of carbonyl (C=O) groups is 1. The van der Waals surface area contributed by atoms with Crippen LogP contribution in [0.1, 0.15) is 52.9 Å². The number of fused-ring (bicyclic) bond motifs is 1. The molecular formula is C27H27N5O. The molecule has 0 radical (unpaired) electrons. The second kappa shape index (κ2) is 9.41. The number of amides is 1. The molecule has 2 aliphatic rings. The van der Waals surface area contributed by atoms with Crippen molar-refractivity contribution in [1.82, 2.24) is 14.9 Å². The van der Waals surface area contributed by atoms with E-state index in [2.05, 4.69) is 23.1 Å². The van der Waals surface area contributed by atoms with Crippen LogP contribution in [0.15, 0.2) is 54.6 Å². The molecule has 0 unspecified atom stereocenters. The first kappa shape index (κ1) is 21.1. The second-order valence-corrected chi connectivity index (χ2v) is 8.73. The number of aromatic nitrogens is 2. The molecule has 0 bridgehead atoms. The smallest absolute Gasteiger partial charge is 0.254 e. The van der Waals surface area contributed by atoms with E-state index in [1.807, 2.05) is 23.1 Å². The fourth-order valence-corrected chi connectivity index (χ4v) is 4.73. The Labute approximate surface area is 194 Å². The SMILES string of the molecule is N#Cc1cccc(C(=O)N2CCc3nc(-c4ccccc4)nc(N4CCCCCC4)c3C2)c1. The van der Waals surface area contributed by atoms with E-state index in [1.165, 1.54) is 12.8 Å². The molecule has 33 heavy (non-hydrogen) atoms. The van der Waals surface area contributed by atoms with Crippen molar-refractivity contribution in [1.29, 1.82) is 5.26 Å². The quantitative estimate of drug-likeness (QED) is 0.599. The normalized spacial score (nSPS) is 16.0. The van der Waals surface area contributed by atoms with E-state index in [-0.39, 0.29) is 5.91 Å². The van der Waals surface area contributed by atoms with Crippen molar-refractivity contribution in [2.24, 2.45) is 0 Å². The Morgan fingerprint density at radius 3 is 2.45 bits per heavy atom. The van der Waals surface area contributed by atoms with Crippen molar-refractivity contribution in [3.8, 4) is 17.5 Å². The van der Waals surface area contributed by atoms with Gasteiger partial charge in [0.2, 0.25) is 0 Å². The highest BCUT2D eigenvalue weighted by atomic mass is 16.2. The topological polar surface area (TPSA) is 73.1 Å². The minimum absolute atomic E-state index is 0.0493. The number of hydrogen-bond acceptors (Lipinski definition) is 5. The Bertz CT molecular complexity index is 1190. The van der Waals surface area contributed by atoms with Gasteiger partial charge in [0.05, 0.1) is 23.9 Å². The van der Waals surface area contributed by atoms with Gasteiger partial charge in [-0.1, -0.05) is 49.2 Å². The molecule has 3 aromatic rings. The number of benzene rings is 2. The van der Waals surface area contributed by atoms with E-state index < -0.39 is 0 Å². The molecule has 6 nitrogen and oxygen atoms in total. The van der Waals surface area contributed by atoms with Crippen LogP contribution in [0.3, 0.4) is 0 Å². The van der Waals surface area contributed by atoms with Crippen LogP contribution in [0.25, 0.3) is 11.4 Å². The lowest BCUT2D eigenvalue weighted by Gasteiger charge is -2.33. The van der Waals surface area contributed by atoms with Gasteiger partial charge in [-0.2, -0.15) is 5.26 Å². The molecule has 166 valence electrons. The molecule has 1 amide bonds. The zero-order valence-corrected chi connectivity index (χ0v) is 18.7. The maximum absolute atomic E-state index is 13.3. The van der Waals surface area contributed by atoms with Gasteiger partial charge in [0, 0.05) is 42.7 Å². The predicted molar refractivity (Wildman–Crippen MR) is 128 cm³/mol. The number of anilines is 1. The Kier molecular flexibility index (Phi) is 6.03. The third-order valence-electron chi connectivity index (χ3n) is 6.50. The van der Waals surface area contributed by atoms with Crippen LogP contribution in [-0.4, -0.2) is 40.4 Å². The van der Waals surface area contributed by atoms with Crippen LogP contribution < -0.4 is 4.90 Å². The average molecular weight is 438 g/mol. The van der Waals surface area contributed by atoms with Gasteiger partial charge in [0.25, 0.3) is 5.91 Å². The summed E-state index contributed by atoms with van der Waals surface area (Å²) >= 11 is 0. The molecule has 1 fully saturated rings. The lowest BCUT2D eigenvalue weighted by molar-refractivity contribution is 0.0733. The Hall–Kier alpha value is -3.72. The lowest BCUT2D eigenvalue weighted by Crippen LogP contribution is -2.38. The fourth-order valence-electron chi connectivity index (χ4n) is 4.73. The summed E-state index contributed by atoms with van der Waals surface area (Å²) in [6.07, 6.45) is 5.50. The van der Waals surface area contributed by atoms with E-state index in [1.54, 1.807) is 24.3 Å². The molecule has 5 rings (SSSR count). The first-order valence-corrected chi connectivity index (χ1v) is 11.7. The summed E-state index contributed by atoms with van der Waals surface area (Å²) in [6.45, 7) is 3.06. The molecule has 0 spiro atoms. The molecule has 3 heterocycles. The minimum Gasteiger partial charge on any atom is -0.356 e. The first-order chi connectivity index (χ1) is 16.2. The van der Waals surface area contributed by atoms with Gasteiger partial charge in [-0.3, -0.25) is 4.79 Å². The summed E-state index contributed by atoms with van der Waals surface area (Å²) in [4.78, 5) is 27.5. The van der Waals surface area contributed by atoms with E-state index in [9.17, 15) is 10.1 Å². The van der Waals surface area contributed by atoms with Gasteiger partial charge in [0.1, 0.15) is 5.82 Å². The summed E-state index contributed by atoms with van der Waals surface area (Å²) in [7, 11) is 0. The molecule has 2 aliphatic heterocycles. The molecule has 0 N–H and O–H groups in total. The zero-order chi connectivity index (χ0) is 22.6. The first-order valence-electron chi connectivity index (χ1n) is 11.7. The second-order valence-electron chi connectivity index (χ2n) is 8.73. The summed E-state index contributed by atoms with van der Waals surface area (Å²) < 4.78 is 0. The number of nitrogens with zero attached hydrogens (tertiary/aromatic N) is 5. The monoisotopic (exact) mass is 437 g/mol. The van der Waals surface area contributed by atoms with E-state index in [0.29, 0.717) is 30.6 Å². The third-order valence-corrected chi connectivity index (χ3v) is 6.50. The van der Waals surface area contributed by atoms with Crippen LogP contribution in [0.2, 0.25) is 0 Å². The summed E-state index contributed by atoms with van der Waals surface area (Å²) in [5, 5.41) is 9.21. The van der Waals surface area contributed by atoms with Gasteiger partial charge in [0.15, 0.2) is 5.82 Å². The highest BCUT2D eigenvalue weighted by molar-refractivity contribution is 5.94. The molecular weight excluding hydrogens is 410 g/mol. The molecule has 1 saturated heterocycles. The fraction of sp³-hybridized carbons (Fsp3) is 0.333. The Morgan fingerprint density at radius 1 is 0.909 bits per heavy atom. The molecule has 0 aliphatic carbocycles. The van der Waals surface area contributed by atoms with Gasteiger partial charge in [-0.05, 0) is 31.0 Å². The number of nitriles is 1. The summed E-state index contributed by atoms with van der Waals surface area (Å²) in [5.74, 6) is 1.69. The lowest BCUT2D eigenvalue weighted by atomic mass is 10.0. The van der Waals surface area contributed by atoms with Crippen molar-refractivity contribution in [3.63, 3.8) is 0 Å². The molecule has 6 heteroatoms. The van der Waals surface area contributed by atoms with Crippen molar-refractivity contribution >= 4 is 11.7 Å². The van der Waals surface area contributed by atoms with Crippen LogP contribution in [-0.2, 0) is 13.0 Å². The van der Waals surface area contributed by atoms with Crippen LogP contribution in [0.5, 0.6) is 0 Å². The molecule has 1 aromatic heterocycles. The Balaban J connectivity index is 1.52. The maximum Gasteiger partial charge on any atom is 0.254 e. The van der Waals surface area contributed by atoms with Crippen molar-refractivity contribution in [2.75, 3.05) is 24.5 Å². The van der Waals surface area contributed by atoms with Crippen LogP contribution in [0, 0.1) is 11.3 Å². The van der Waals surface area contributed by atoms with Gasteiger partial charge >= 0.3 is 0 Å². The summed E-state index contributed by atoms with van der Waals surface area (Å²) in [5.41, 5.74) is 4.17. The number of hydrogen-bond donors (Lipinski definition) is 0. The van der Waals surface area contributed by atoms with E-state index in [0.717, 1.165) is 54.4 Å². The van der Waals surface area contributed by atoms with Gasteiger partial charge in [-0.15, -0.1) is 0 Å². The maximum atomic E-state index is 13.3. The van der Waals surface area contributed by atoms with Gasteiger partial charge in [-0.25, -0.2) is 9.97 Å². The predicted octanol–water partition coefficient (Wildman–Crippen LogP) is 4.59. The van der Waals surface area contributed by atoms with Crippen LogP contribution >= 0.6 is 0 Å². The highest BCUT2D eigenvalue weighted by Crippen LogP contribution is 2.31. The molecule has 0 saturated carbocycles. The molecule has 2 aromatic carbocycles. The summed E-state index contributed by atoms with van der Waals surface area (Å²) in [6, 6.07) is 19.2. The van der Waals surface area contributed by atoms with Crippen molar-refractivity contribution in [2.45, 2.75) is 38.6 Å². The van der Waals surface area contributed by atoms with Crippen molar-refractivity contribution < 1.29 is 4.79 Å². The standard InChI is InChI=1S/C27H27N5O/c28-18-20-9-8-12-22(17-20)27(33)32-16-13-24-23(19-32)26(31-14-6-1-2-7-15-31)30-25(29-24)21-10-4-3-5-11-21/h3-5,8-12,17H,1-2,6-7,13-16,19H2. The highest BCUT2D eigenvalue weighted by Gasteiger charge is 2.28. The van der Waals surface area contributed by atoms with E-state index in [4.69, 9.17) is 9.97 Å². The van der Waals surface area contributed by atoms with Gasteiger partial charge < -0.3 is 9.80 Å². The average Bonchev–Trinajstić information content (AvgIpc) is 3.17. The van der Waals surface area contributed by atoms with E-state index >= 15 is 0 Å². The number of carbonyl (C=O) groups excluding carboxylic acids is 1. The Morgan fingerprint density at radius 2 is 1.70 bits per heavy atom.